The second-order valence-electron chi connectivity index (χ2n) is 3.33. The van der Waals surface area contributed by atoms with Crippen LogP contribution < -0.4 is 5.32 Å². The van der Waals surface area contributed by atoms with Crippen molar-refractivity contribution in [2.75, 3.05) is 13.1 Å². The maximum atomic E-state index is 4.40. The van der Waals surface area contributed by atoms with Crippen molar-refractivity contribution in [3.8, 4) is 0 Å². The first kappa shape index (κ1) is 11.2. The van der Waals surface area contributed by atoms with E-state index in [-0.39, 0.29) is 0 Å². The van der Waals surface area contributed by atoms with Crippen molar-refractivity contribution in [3.05, 3.63) is 12.3 Å². The van der Waals surface area contributed by atoms with Crippen LogP contribution in [0.2, 0.25) is 0 Å². The lowest BCUT2D eigenvalue weighted by Crippen LogP contribution is -2.17. The van der Waals surface area contributed by atoms with Crippen molar-refractivity contribution in [3.63, 3.8) is 0 Å². The Labute approximate surface area is 75.8 Å². The summed E-state index contributed by atoms with van der Waals surface area (Å²) in [5, 5.41) is 3.14. The second kappa shape index (κ2) is 5.81. The molecule has 0 saturated heterocycles. The Bertz CT molecular complexity index is 169. The highest BCUT2D eigenvalue weighted by Crippen LogP contribution is 1.95. The van der Waals surface area contributed by atoms with Crippen LogP contribution in [0.15, 0.2) is 17.3 Å². The van der Waals surface area contributed by atoms with Crippen LogP contribution >= 0.6 is 0 Å². The zero-order valence-corrected chi connectivity index (χ0v) is 8.65. The molecule has 12 heavy (non-hydrogen) atoms. The van der Waals surface area contributed by atoms with Crippen molar-refractivity contribution < 1.29 is 0 Å². The van der Waals surface area contributed by atoms with E-state index in [1.807, 2.05) is 6.92 Å². The van der Waals surface area contributed by atoms with Crippen LogP contribution in [0.25, 0.3) is 0 Å². The van der Waals surface area contributed by atoms with Crippen LogP contribution in [0.1, 0.15) is 27.7 Å². The summed E-state index contributed by atoms with van der Waals surface area (Å²) in [6.07, 6.45) is 0. The van der Waals surface area contributed by atoms with Gasteiger partial charge in [0.1, 0.15) is 0 Å². The summed E-state index contributed by atoms with van der Waals surface area (Å²) in [4.78, 5) is 4.40. The molecular weight excluding hydrogens is 148 g/mol. The van der Waals surface area contributed by atoms with Gasteiger partial charge < -0.3 is 5.32 Å². The van der Waals surface area contributed by atoms with Crippen LogP contribution in [0, 0.1) is 5.92 Å². The fraction of sp³-hybridized carbons (Fsp3) is 0.700. The number of allylic oxidation sites excluding steroid dienone is 1. The monoisotopic (exact) mass is 168 g/mol. The quantitative estimate of drug-likeness (QED) is 0.625. The number of rotatable bonds is 5. The predicted molar refractivity (Wildman–Crippen MR) is 55.6 cm³/mol. The van der Waals surface area contributed by atoms with Gasteiger partial charge >= 0.3 is 0 Å². The number of aliphatic imine (C=N–C) groups is 1. The van der Waals surface area contributed by atoms with E-state index in [9.17, 15) is 0 Å². The van der Waals surface area contributed by atoms with Gasteiger partial charge in [0, 0.05) is 18.8 Å². The van der Waals surface area contributed by atoms with Gasteiger partial charge in [-0.05, 0) is 19.8 Å². The molecule has 2 nitrogen and oxygen atoms in total. The molecule has 0 unspecified atom stereocenters. The minimum absolute atomic E-state index is 0.620. The predicted octanol–water partition coefficient (Wildman–Crippen LogP) is 2.23. The van der Waals surface area contributed by atoms with Gasteiger partial charge in [0.05, 0.1) is 5.71 Å². The molecule has 0 amide bonds. The van der Waals surface area contributed by atoms with Gasteiger partial charge in [-0.3, -0.25) is 4.99 Å². The van der Waals surface area contributed by atoms with E-state index in [0.717, 1.165) is 24.5 Å². The number of hydrogen-bond acceptors (Lipinski definition) is 2. The number of nitrogens with one attached hydrogen (secondary N) is 1. The second-order valence-corrected chi connectivity index (χ2v) is 3.33. The fourth-order valence-corrected chi connectivity index (χ4v) is 0.756. The zero-order chi connectivity index (χ0) is 9.56. The molecule has 0 aliphatic heterocycles. The van der Waals surface area contributed by atoms with Crippen molar-refractivity contribution in [1.29, 1.82) is 0 Å². The first-order chi connectivity index (χ1) is 5.57. The molecule has 0 aliphatic carbocycles. The smallest absolute Gasteiger partial charge is 0.0542 e. The third-order valence-corrected chi connectivity index (χ3v) is 1.52. The molecule has 2 heteroatoms. The third-order valence-electron chi connectivity index (χ3n) is 1.52. The molecule has 0 radical (unpaired) electrons. The average molecular weight is 168 g/mol. The summed E-state index contributed by atoms with van der Waals surface area (Å²) in [6, 6.07) is 0. The molecule has 0 fully saturated rings. The largest absolute Gasteiger partial charge is 0.384 e. The van der Waals surface area contributed by atoms with Crippen molar-refractivity contribution >= 4 is 5.71 Å². The van der Waals surface area contributed by atoms with Crippen LogP contribution in [-0.4, -0.2) is 18.8 Å². The molecule has 0 spiro atoms. The molecule has 0 aromatic carbocycles. The summed E-state index contributed by atoms with van der Waals surface area (Å²) in [5.41, 5.74) is 1.96. The topological polar surface area (TPSA) is 24.4 Å². The standard InChI is InChI=1S/C10H20N2/c1-6-11-9(4)10(5)12-7-8(2)3/h8,11H,4,6-7H2,1-3,5H3. The minimum atomic E-state index is 0.620. The van der Waals surface area contributed by atoms with Crippen molar-refractivity contribution in [1.82, 2.24) is 5.32 Å². The first-order valence-electron chi connectivity index (χ1n) is 4.52. The summed E-state index contributed by atoms with van der Waals surface area (Å²) in [6.45, 7) is 14.0. The van der Waals surface area contributed by atoms with Gasteiger partial charge in [0.15, 0.2) is 0 Å². The Morgan fingerprint density at radius 3 is 2.50 bits per heavy atom. The molecule has 0 aromatic rings. The van der Waals surface area contributed by atoms with E-state index in [1.165, 1.54) is 0 Å². The highest BCUT2D eigenvalue weighted by Gasteiger charge is 1.96. The number of nitrogens with zero attached hydrogens (tertiary/aromatic N) is 1. The molecule has 0 rings (SSSR count). The Kier molecular flexibility index (Phi) is 5.43. The lowest BCUT2D eigenvalue weighted by molar-refractivity contribution is 0.665. The van der Waals surface area contributed by atoms with E-state index in [2.05, 4.69) is 37.7 Å². The first-order valence-corrected chi connectivity index (χ1v) is 4.52. The number of hydrogen-bond donors (Lipinski definition) is 1. The lowest BCUT2D eigenvalue weighted by atomic mass is 10.2. The Hall–Kier alpha value is -0.790. The van der Waals surface area contributed by atoms with E-state index in [4.69, 9.17) is 0 Å². The fourth-order valence-electron chi connectivity index (χ4n) is 0.756. The lowest BCUT2D eigenvalue weighted by Gasteiger charge is -2.07. The molecular formula is C10H20N2. The highest BCUT2D eigenvalue weighted by atomic mass is 14.9. The van der Waals surface area contributed by atoms with Gasteiger partial charge in [-0.15, -0.1) is 0 Å². The molecule has 0 bridgehead atoms. The molecule has 0 aliphatic rings. The average Bonchev–Trinajstić information content (AvgIpc) is 2.00. The molecule has 0 atom stereocenters. The summed E-state index contributed by atoms with van der Waals surface area (Å²) >= 11 is 0. The molecule has 0 saturated carbocycles. The maximum Gasteiger partial charge on any atom is 0.0542 e. The van der Waals surface area contributed by atoms with Gasteiger partial charge in [0.2, 0.25) is 0 Å². The van der Waals surface area contributed by atoms with Crippen LogP contribution in [0.3, 0.4) is 0 Å². The van der Waals surface area contributed by atoms with Crippen molar-refractivity contribution in [2.24, 2.45) is 10.9 Å². The summed E-state index contributed by atoms with van der Waals surface area (Å²) in [5.74, 6) is 0.620. The Morgan fingerprint density at radius 1 is 1.50 bits per heavy atom. The van der Waals surface area contributed by atoms with E-state index in [1.54, 1.807) is 0 Å². The van der Waals surface area contributed by atoms with E-state index < -0.39 is 0 Å². The Morgan fingerprint density at radius 2 is 2.08 bits per heavy atom. The van der Waals surface area contributed by atoms with E-state index >= 15 is 0 Å². The molecule has 70 valence electrons. The van der Waals surface area contributed by atoms with E-state index in [0.29, 0.717) is 5.92 Å². The highest BCUT2D eigenvalue weighted by molar-refractivity contribution is 5.97. The SMILES string of the molecule is C=C(NCC)C(C)=NCC(C)C. The minimum Gasteiger partial charge on any atom is -0.384 e. The van der Waals surface area contributed by atoms with Crippen LogP contribution in [0.4, 0.5) is 0 Å². The maximum absolute atomic E-state index is 4.40. The molecule has 1 N–H and O–H groups in total. The van der Waals surface area contributed by atoms with Gasteiger partial charge in [0.25, 0.3) is 0 Å². The Balaban J connectivity index is 3.90. The van der Waals surface area contributed by atoms with Gasteiger partial charge in [-0.25, -0.2) is 0 Å². The summed E-state index contributed by atoms with van der Waals surface area (Å²) < 4.78 is 0. The van der Waals surface area contributed by atoms with Crippen LogP contribution in [-0.2, 0) is 0 Å². The van der Waals surface area contributed by atoms with Gasteiger partial charge in [-0.2, -0.15) is 0 Å². The summed E-state index contributed by atoms with van der Waals surface area (Å²) in [7, 11) is 0. The van der Waals surface area contributed by atoms with Crippen molar-refractivity contribution in [2.45, 2.75) is 27.7 Å². The molecule has 0 heterocycles. The third kappa shape index (κ3) is 4.94. The van der Waals surface area contributed by atoms with Gasteiger partial charge in [-0.1, -0.05) is 20.4 Å². The zero-order valence-electron chi connectivity index (χ0n) is 8.65. The molecule has 0 aromatic heterocycles. The normalized spacial score (nSPS) is 11.9. The van der Waals surface area contributed by atoms with Crippen LogP contribution in [0.5, 0.6) is 0 Å².